The number of esters is 3. The second-order valence-corrected chi connectivity index (χ2v) is 11.6. The molecule has 0 radical (unpaired) electrons. The monoisotopic (exact) mass is 658 g/mol. The zero-order valence-electron chi connectivity index (χ0n) is 27.6. The molecule has 6 rings (SSSR count). The molecule has 5 aromatic rings. The highest BCUT2D eigenvalue weighted by Crippen LogP contribution is 2.50. The Kier molecular flexibility index (Phi) is 9.09. The van der Waals surface area contributed by atoms with Gasteiger partial charge >= 0.3 is 17.9 Å². The highest BCUT2D eigenvalue weighted by molar-refractivity contribution is 6.10. The molecule has 0 unspecified atom stereocenters. The summed E-state index contributed by atoms with van der Waals surface area (Å²) in [6.07, 6.45) is 3.65. The van der Waals surface area contributed by atoms with Crippen LogP contribution in [0.1, 0.15) is 51.3 Å². The molecule has 49 heavy (non-hydrogen) atoms. The maximum atomic E-state index is 13.7. The van der Waals surface area contributed by atoms with Crippen LogP contribution in [-0.2, 0) is 15.1 Å². The molecule has 0 aromatic heterocycles. The Hall–Kier alpha value is -6.09. The minimum absolute atomic E-state index is 0.00502. The maximum Gasteiger partial charge on any atom is 0.343 e. The fourth-order valence-corrected chi connectivity index (χ4v) is 5.70. The lowest BCUT2D eigenvalue weighted by molar-refractivity contribution is -0.137. The number of carbonyl (C=O) groups excluding carboxylic acids is 3. The van der Waals surface area contributed by atoms with Crippen molar-refractivity contribution in [1.29, 1.82) is 0 Å². The van der Waals surface area contributed by atoms with Crippen LogP contribution in [0.5, 0.6) is 28.7 Å². The van der Waals surface area contributed by atoms with Gasteiger partial charge in [-0.2, -0.15) is 0 Å². The third kappa shape index (κ3) is 6.18. The minimum Gasteiger partial charge on any atom is -0.497 e. The zero-order chi connectivity index (χ0) is 34.7. The van der Waals surface area contributed by atoms with E-state index in [1.54, 1.807) is 58.4 Å². The van der Waals surface area contributed by atoms with Gasteiger partial charge in [-0.1, -0.05) is 68.4 Å². The van der Waals surface area contributed by atoms with Crippen LogP contribution in [0.25, 0.3) is 16.8 Å². The number of hydrogen-bond acceptors (Lipinski definition) is 9. The molecule has 1 aliphatic rings. The molecule has 9 heteroatoms. The van der Waals surface area contributed by atoms with Gasteiger partial charge in [-0.25, -0.2) is 9.59 Å². The van der Waals surface area contributed by atoms with Gasteiger partial charge in [0.1, 0.15) is 28.6 Å². The van der Waals surface area contributed by atoms with Gasteiger partial charge in [0.2, 0.25) is 0 Å². The van der Waals surface area contributed by atoms with Crippen molar-refractivity contribution in [2.24, 2.45) is 5.92 Å². The van der Waals surface area contributed by atoms with Crippen LogP contribution in [0.3, 0.4) is 0 Å². The SMILES string of the molecule is COC(=O)c1c2c(c3ccccc3c1OC(=O)c1cccc(OC(=O)C(C)C)c1)OC(c1ccc(OC)cc1)(c1ccc(OC)cc1)C=C2. The van der Waals surface area contributed by atoms with E-state index in [0.29, 0.717) is 33.6 Å². The first-order valence-corrected chi connectivity index (χ1v) is 15.6. The van der Waals surface area contributed by atoms with Gasteiger partial charge < -0.3 is 28.4 Å². The van der Waals surface area contributed by atoms with E-state index in [-0.39, 0.29) is 28.5 Å². The van der Waals surface area contributed by atoms with Crippen LogP contribution >= 0.6 is 0 Å². The first-order chi connectivity index (χ1) is 23.7. The summed E-state index contributed by atoms with van der Waals surface area (Å²) >= 11 is 0. The van der Waals surface area contributed by atoms with E-state index < -0.39 is 23.5 Å². The summed E-state index contributed by atoms with van der Waals surface area (Å²) in [5.74, 6) is -0.317. The fourth-order valence-electron chi connectivity index (χ4n) is 5.70. The van der Waals surface area contributed by atoms with Crippen molar-refractivity contribution < 1.29 is 42.8 Å². The van der Waals surface area contributed by atoms with E-state index in [2.05, 4.69) is 0 Å². The van der Waals surface area contributed by atoms with Crippen molar-refractivity contribution in [3.05, 3.63) is 131 Å². The number of ether oxygens (including phenoxy) is 6. The van der Waals surface area contributed by atoms with Crippen molar-refractivity contribution in [3.8, 4) is 28.7 Å². The summed E-state index contributed by atoms with van der Waals surface area (Å²) in [4.78, 5) is 39.4. The second-order valence-electron chi connectivity index (χ2n) is 11.6. The Morgan fingerprint density at radius 2 is 1.29 bits per heavy atom. The zero-order valence-corrected chi connectivity index (χ0v) is 27.6. The van der Waals surface area contributed by atoms with Gasteiger partial charge in [-0.3, -0.25) is 4.79 Å². The van der Waals surface area contributed by atoms with E-state index in [9.17, 15) is 14.4 Å². The van der Waals surface area contributed by atoms with Crippen LogP contribution in [0, 0.1) is 5.92 Å². The highest BCUT2D eigenvalue weighted by atomic mass is 16.6. The first kappa shape index (κ1) is 32.8. The van der Waals surface area contributed by atoms with E-state index in [1.807, 2.05) is 66.7 Å². The Morgan fingerprint density at radius 3 is 1.86 bits per heavy atom. The molecule has 0 atom stereocenters. The smallest absolute Gasteiger partial charge is 0.343 e. The summed E-state index contributed by atoms with van der Waals surface area (Å²) in [6, 6.07) is 28.4. The quantitative estimate of drug-likeness (QED) is 0.116. The van der Waals surface area contributed by atoms with Gasteiger partial charge in [0.05, 0.1) is 32.8 Å². The maximum absolute atomic E-state index is 13.7. The molecule has 9 nitrogen and oxygen atoms in total. The third-order valence-corrected chi connectivity index (χ3v) is 8.29. The number of carbonyl (C=O) groups is 3. The molecule has 1 heterocycles. The van der Waals surface area contributed by atoms with Gasteiger partial charge in [-0.15, -0.1) is 0 Å². The molecule has 0 fully saturated rings. The molecule has 0 N–H and O–H groups in total. The molecular formula is C40H34O9. The van der Waals surface area contributed by atoms with Crippen LogP contribution in [-0.4, -0.2) is 39.2 Å². The van der Waals surface area contributed by atoms with Crippen molar-refractivity contribution in [2.75, 3.05) is 21.3 Å². The first-order valence-electron chi connectivity index (χ1n) is 15.6. The van der Waals surface area contributed by atoms with E-state index in [1.165, 1.54) is 19.2 Å². The second kappa shape index (κ2) is 13.6. The summed E-state index contributed by atoms with van der Waals surface area (Å²) in [6.45, 7) is 3.43. The van der Waals surface area contributed by atoms with E-state index >= 15 is 0 Å². The van der Waals surface area contributed by atoms with Gasteiger partial charge in [0.15, 0.2) is 11.4 Å². The van der Waals surface area contributed by atoms with Crippen molar-refractivity contribution in [2.45, 2.75) is 19.4 Å². The normalized spacial score (nSPS) is 12.9. The van der Waals surface area contributed by atoms with Crippen molar-refractivity contribution >= 4 is 34.8 Å². The van der Waals surface area contributed by atoms with Crippen LogP contribution in [0.2, 0.25) is 0 Å². The molecule has 0 spiro atoms. The molecule has 0 bridgehead atoms. The van der Waals surface area contributed by atoms with E-state index in [4.69, 9.17) is 28.4 Å². The standard InChI is InChI=1S/C40H34O9/c1-24(2)37(41)47-30-10-8-9-25(23-30)38(42)48-36-32-12-7-6-11-31(32)35-33(34(36)39(43)46-5)21-22-40(49-35,26-13-17-28(44-3)18-14-26)27-15-19-29(45-4)20-16-27/h6-24H,1-5H3. The van der Waals surface area contributed by atoms with Gasteiger partial charge in [0, 0.05) is 27.5 Å². The lowest BCUT2D eigenvalue weighted by Crippen LogP contribution is -2.34. The van der Waals surface area contributed by atoms with Gasteiger partial charge in [-0.05, 0) is 54.6 Å². The summed E-state index contributed by atoms with van der Waals surface area (Å²) in [7, 11) is 4.46. The number of benzene rings is 5. The molecule has 0 aliphatic carbocycles. The number of rotatable bonds is 9. The lowest BCUT2D eigenvalue weighted by Gasteiger charge is -2.37. The molecule has 248 valence electrons. The van der Waals surface area contributed by atoms with Crippen LogP contribution in [0.4, 0.5) is 0 Å². The topological polar surface area (TPSA) is 107 Å². The molecular weight excluding hydrogens is 624 g/mol. The Bertz CT molecular complexity index is 2030. The summed E-state index contributed by atoms with van der Waals surface area (Å²) in [5.41, 5.74) is 0.993. The van der Waals surface area contributed by atoms with Crippen LogP contribution < -0.4 is 23.7 Å². The van der Waals surface area contributed by atoms with Crippen LogP contribution in [0.15, 0.2) is 103 Å². The molecule has 5 aromatic carbocycles. The predicted octanol–water partition coefficient (Wildman–Crippen LogP) is 7.77. The van der Waals surface area contributed by atoms with Crippen molar-refractivity contribution in [1.82, 2.24) is 0 Å². The average molecular weight is 659 g/mol. The third-order valence-electron chi connectivity index (χ3n) is 8.29. The average Bonchev–Trinajstić information content (AvgIpc) is 3.14. The molecule has 0 amide bonds. The van der Waals surface area contributed by atoms with Crippen molar-refractivity contribution in [3.63, 3.8) is 0 Å². The number of hydrogen-bond donors (Lipinski definition) is 0. The lowest BCUT2D eigenvalue weighted by atomic mass is 9.82. The molecule has 0 saturated carbocycles. The molecule has 1 aliphatic heterocycles. The Morgan fingerprint density at radius 1 is 0.673 bits per heavy atom. The summed E-state index contributed by atoms with van der Waals surface area (Å²) in [5, 5.41) is 1.05. The number of fused-ring (bicyclic) bond motifs is 3. The molecule has 0 saturated heterocycles. The highest BCUT2D eigenvalue weighted by Gasteiger charge is 2.40. The van der Waals surface area contributed by atoms with Gasteiger partial charge in [0.25, 0.3) is 0 Å². The number of methoxy groups -OCH3 is 3. The largest absolute Gasteiger partial charge is 0.497 e. The Labute approximate surface area is 283 Å². The Balaban J connectivity index is 1.51. The fraction of sp³-hybridized carbons (Fsp3) is 0.175. The summed E-state index contributed by atoms with van der Waals surface area (Å²) < 4.78 is 34.5. The minimum atomic E-state index is -1.13. The predicted molar refractivity (Wildman–Crippen MR) is 184 cm³/mol. The van der Waals surface area contributed by atoms with E-state index in [0.717, 1.165) is 11.1 Å².